The molecule has 4 aromatic rings. The second-order valence-corrected chi connectivity index (χ2v) is 9.24. The molecule has 0 saturated heterocycles. The molecule has 0 aliphatic carbocycles. The second-order valence-electron chi connectivity index (χ2n) is 7.23. The number of nitrogens with one attached hydrogen (secondary N) is 1. The van der Waals surface area contributed by atoms with Crippen molar-refractivity contribution >= 4 is 61.2 Å². The topological polar surface area (TPSA) is 59.8 Å². The van der Waals surface area contributed by atoms with Gasteiger partial charge in [0.2, 0.25) is 5.95 Å². The Morgan fingerprint density at radius 3 is 2.69 bits per heavy atom. The summed E-state index contributed by atoms with van der Waals surface area (Å²) in [5.74, 6) is 1.57. The van der Waals surface area contributed by atoms with Crippen molar-refractivity contribution < 1.29 is 18.0 Å². The number of alkyl halides is 3. The van der Waals surface area contributed by atoms with E-state index in [4.69, 9.17) is 0 Å². The Labute approximate surface area is 191 Å². The van der Waals surface area contributed by atoms with E-state index >= 15 is 0 Å². The van der Waals surface area contributed by atoms with Crippen LogP contribution in [0.4, 0.5) is 24.3 Å². The largest absolute Gasteiger partial charge is 0.416 e. The third-order valence-corrected chi connectivity index (χ3v) is 6.70. The minimum absolute atomic E-state index is 0.0909. The number of hydrogen-bond donors (Lipinski definition) is 1. The summed E-state index contributed by atoms with van der Waals surface area (Å²) in [5.41, 5.74) is 1.98. The summed E-state index contributed by atoms with van der Waals surface area (Å²) >= 11 is 2.86. The van der Waals surface area contributed by atoms with Crippen molar-refractivity contribution in [2.45, 2.75) is 32.5 Å². The zero-order valence-corrected chi connectivity index (χ0v) is 19.1. The smallest absolute Gasteiger partial charge is 0.310 e. The van der Waals surface area contributed by atoms with Crippen LogP contribution in [0, 0.1) is 0 Å². The predicted octanol–water partition coefficient (Wildman–Crippen LogP) is 6.75. The van der Waals surface area contributed by atoms with Gasteiger partial charge in [-0.15, -0.1) is 0 Å². The van der Waals surface area contributed by atoms with Crippen molar-refractivity contribution in [1.82, 2.24) is 14.5 Å². The molecular weight excluding hydrogens is 457 g/mol. The number of aromatic nitrogens is 3. The molecule has 0 atom stereocenters. The quantitative estimate of drug-likeness (QED) is 0.224. The van der Waals surface area contributed by atoms with Gasteiger partial charge in [-0.25, -0.2) is 9.97 Å². The molecule has 10 heteroatoms. The van der Waals surface area contributed by atoms with Crippen LogP contribution in [0.1, 0.15) is 35.7 Å². The molecular formula is C22H21F3N4OS2. The van der Waals surface area contributed by atoms with Gasteiger partial charge in [0.05, 0.1) is 26.8 Å². The Kier molecular flexibility index (Phi) is 6.43. The van der Waals surface area contributed by atoms with Crippen molar-refractivity contribution in [3.8, 4) is 0 Å². The zero-order valence-electron chi connectivity index (χ0n) is 17.5. The van der Waals surface area contributed by atoms with Crippen LogP contribution in [0.5, 0.6) is 0 Å². The average Bonchev–Trinajstić information content (AvgIpc) is 3.31. The van der Waals surface area contributed by atoms with Crippen LogP contribution in [0.3, 0.4) is 0 Å². The number of imidazole rings is 1. The number of aryl methyl sites for hydroxylation is 1. The van der Waals surface area contributed by atoms with E-state index in [-0.39, 0.29) is 5.78 Å². The maximum absolute atomic E-state index is 13.0. The number of thioether (sulfide) groups is 1. The number of carbonyl (C=O) groups excluding carboxylic acids is 1. The first kappa shape index (κ1) is 22.6. The van der Waals surface area contributed by atoms with E-state index < -0.39 is 11.7 Å². The fourth-order valence-corrected chi connectivity index (χ4v) is 4.82. The molecule has 32 heavy (non-hydrogen) atoms. The summed E-state index contributed by atoms with van der Waals surface area (Å²) in [6.45, 7) is 2.60. The number of benzene rings is 2. The van der Waals surface area contributed by atoms with Gasteiger partial charge in [0.15, 0.2) is 10.9 Å². The number of fused-ring (bicyclic) bond motifs is 2. The van der Waals surface area contributed by atoms with Crippen molar-refractivity contribution in [1.29, 1.82) is 0 Å². The first-order valence-electron chi connectivity index (χ1n) is 10.1. The van der Waals surface area contributed by atoms with Crippen LogP contribution in [0.25, 0.3) is 21.3 Å². The average molecular weight is 479 g/mol. The van der Waals surface area contributed by atoms with Crippen molar-refractivity contribution in [3.05, 3.63) is 47.5 Å². The highest BCUT2D eigenvalue weighted by Crippen LogP contribution is 2.35. The molecule has 2 heterocycles. The lowest BCUT2D eigenvalue weighted by atomic mass is 10.1. The van der Waals surface area contributed by atoms with Crippen molar-refractivity contribution in [2.75, 3.05) is 17.3 Å². The van der Waals surface area contributed by atoms with Gasteiger partial charge in [0.1, 0.15) is 0 Å². The first-order chi connectivity index (χ1) is 15.3. The molecule has 0 radical (unpaired) electrons. The van der Waals surface area contributed by atoms with E-state index in [2.05, 4.69) is 15.3 Å². The van der Waals surface area contributed by atoms with Gasteiger partial charge in [-0.1, -0.05) is 11.3 Å². The van der Waals surface area contributed by atoms with Gasteiger partial charge >= 0.3 is 6.18 Å². The Morgan fingerprint density at radius 2 is 1.97 bits per heavy atom. The summed E-state index contributed by atoms with van der Waals surface area (Å²) in [7, 11) is 0. The lowest BCUT2D eigenvalue weighted by molar-refractivity contribution is -0.137. The standard InChI is InChI=1S/C22H21F3N4OS2/c1-3-29-17-9-6-13(18(30)5-4-10-31-2)11-16(17)26-20(29)28-21-27-15-8-7-14(22(23,24)25)12-19(15)32-21/h6-9,11-12H,3-5,10H2,1-2H3,(H,26,27,28). The number of Topliss-reactive ketones (excluding diaryl/α,β-unsaturated/α-hetero) is 1. The molecule has 0 fully saturated rings. The van der Waals surface area contributed by atoms with Gasteiger partial charge in [-0.2, -0.15) is 24.9 Å². The van der Waals surface area contributed by atoms with Crippen molar-refractivity contribution in [3.63, 3.8) is 0 Å². The molecule has 4 rings (SSSR count). The number of rotatable bonds is 8. The maximum Gasteiger partial charge on any atom is 0.416 e. The molecule has 2 aromatic carbocycles. The van der Waals surface area contributed by atoms with Crippen LogP contribution in [-0.2, 0) is 12.7 Å². The van der Waals surface area contributed by atoms with Crippen LogP contribution < -0.4 is 5.32 Å². The Balaban J connectivity index is 1.63. The highest BCUT2D eigenvalue weighted by molar-refractivity contribution is 7.98. The minimum atomic E-state index is -4.40. The van der Waals surface area contributed by atoms with E-state index in [0.29, 0.717) is 45.3 Å². The van der Waals surface area contributed by atoms with Gasteiger partial charge in [-0.3, -0.25) is 4.79 Å². The summed E-state index contributed by atoms with van der Waals surface area (Å²) in [6.07, 6.45) is -1.05. The monoisotopic (exact) mass is 478 g/mol. The Bertz CT molecular complexity index is 1280. The molecule has 0 amide bonds. The number of ketones is 1. The summed E-state index contributed by atoms with van der Waals surface area (Å²) in [5, 5.41) is 3.60. The fourth-order valence-electron chi connectivity index (χ4n) is 3.49. The van der Waals surface area contributed by atoms with E-state index in [0.717, 1.165) is 41.2 Å². The van der Waals surface area contributed by atoms with Crippen LogP contribution in [0.15, 0.2) is 36.4 Å². The maximum atomic E-state index is 13.0. The third-order valence-electron chi connectivity index (χ3n) is 5.07. The lowest BCUT2D eigenvalue weighted by Crippen LogP contribution is -2.03. The SMILES string of the molecule is CCn1c(Nc2nc3ccc(C(F)(F)F)cc3s2)nc2cc(C(=O)CCCSC)ccc21. The fraction of sp³-hybridized carbons (Fsp3) is 0.318. The van der Waals surface area contributed by atoms with Gasteiger partial charge in [0, 0.05) is 18.5 Å². The molecule has 5 nitrogen and oxygen atoms in total. The Hall–Kier alpha value is -2.59. The lowest BCUT2D eigenvalue weighted by Gasteiger charge is -2.06. The van der Waals surface area contributed by atoms with E-state index in [1.165, 1.54) is 6.07 Å². The first-order valence-corrected chi connectivity index (χ1v) is 12.3. The second kappa shape index (κ2) is 9.11. The van der Waals surface area contributed by atoms with Gasteiger partial charge < -0.3 is 9.88 Å². The molecule has 0 aliphatic rings. The summed E-state index contributed by atoms with van der Waals surface area (Å²) in [6, 6.07) is 9.00. The Morgan fingerprint density at radius 1 is 1.16 bits per heavy atom. The number of carbonyl (C=O) groups is 1. The molecule has 2 aromatic heterocycles. The zero-order chi connectivity index (χ0) is 22.9. The predicted molar refractivity (Wildman–Crippen MR) is 125 cm³/mol. The normalized spacial score (nSPS) is 12.0. The molecule has 168 valence electrons. The molecule has 0 bridgehead atoms. The minimum Gasteiger partial charge on any atom is -0.310 e. The number of halogens is 3. The summed E-state index contributed by atoms with van der Waals surface area (Å²) in [4.78, 5) is 21.5. The highest BCUT2D eigenvalue weighted by Gasteiger charge is 2.30. The molecule has 0 spiro atoms. The van der Waals surface area contributed by atoms with Crippen LogP contribution >= 0.6 is 23.1 Å². The van der Waals surface area contributed by atoms with E-state index in [9.17, 15) is 18.0 Å². The number of thiazole rings is 1. The van der Waals surface area contributed by atoms with Crippen LogP contribution in [0.2, 0.25) is 0 Å². The van der Waals surface area contributed by atoms with Crippen molar-refractivity contribution in [2.24, 2.45) is 0 Å². The summed E-state index contributed by atoms with van der Waals surface area (Å²) < 4.78 is 41.4. The van der Waals surface area contributed by atoms with Crippen LogP contribution in [-0.4, -0.2) is 32.3 Å². The van der Waals surface area contributed by atoms with Gasteiger partial charge in [-0.05, 0) is 61.8 Å². The van der Waals surface area contributed by atoms with E-state index in [1.807, 2.05) is 29.9 Å². The molecule has 0 unspecified atom stereocenters. The number of nitrogens with zero attached hydrogens (tertiary/aromatic N) is 3. The highest BCUT2D eigenvalue weighted by atomic mass is 32.2. The third kappa shape index (κ3) is 4.61. The molecule has 1 N–H and O–H groups in total. The number of hydrogen-bond acceptors (Lipinski definition) is 6. The molecule has 0 aliphatic heterocycles. The number of anilines is 2. The van der Waals surface area contributed by atoms with Gasteiger partial charge in [0.25, 0.3) is 0 Å². The van der Waals surface area contributed by atoms with E-state index in [1.54, 1.807) is 17.8 Å². The molecule has 0 saturated carbocycles.